The summed E-state index contributed by atoms with van der Waals surface area (Å²) in [6.07, 6.45) is 4.29. The fourth-order valence-corrected chi connectivity index (χ4v) is 3.78. The molecule has 0 amide bonds. The standard InChI is InChI=1S/C16H32N2/c1-13(2)9-15-5-7-17(10-15)11-16-6-8-18(12-16)14(3)4/h13-16H,5-12H2,1-4H3/t15-,16?/m0/s1. The predicted molar refractivity (Wildman–Crippen MR) is 78.8 cm³/mol. The van der Waals surface area contributed by atoms with Crippen LogP contribution >= 0.6 is 0 Å². The smallest absolute Gasteiger partial charge is 0.00387 e. The zero-order valence-corrected chi connectivity index (χ0v) is 12.9. The Morgan fingerprint density at radius 3 is 2.28 bits per heavy atom. The highest BCUT2D eigenvalue weighted by Gasteiger charge is 2.29. The van der Waals surface area contributed by atoms with E-state index in [2.05, 4.69) is 37.5 Å². The Morgan fingerprint density at radius 1 is 0.944 bits per heavy atom. The molecule has 0 aromatic carbocycles. The highest BCUT2D eigenvalue weighted by Crippen LogP contribution is 2.26. The Balaban J connectivity index is 1.69. The molecule has 1 unspecified atom stereocenters. The third-order valence-corrected chi connectivity index (χ3v) is 4.74. The van der Waals surface area contributed by atoms with Crippen LogP contribution in [0.1, 0.15) is 47.0 Å². The molecule has 2 rings (SSSR count). The molecule has 2 heterocycles. The minimum Gasteiger partial charge on any atom is -0.303 e. The maximum Gasteiger partial charge on any atom is 0.00387 e. The molecular formula is C16H32N2. The highest BCUT2D eigenvalue weighted by molar-refractivity contribution is 4.83. The maximum absolute atomic E-state index is 2.74. The lowest BCUT2D eigenvalue weighted by atomic mass is 9.97. The molecule has 2 heteroatoms. The van der Waals surface area contributed by atoms with Gasteiger partial charge in [0.15, 0.2) is 0 Å². The van der Waals surface area contributed by atoms with Crippen molar-refractivity contribution in [3.63, 3.8) is 0 Å². The Hall–Kier alpha value is -0.0800. The van der Waals surface area contributed by atoms with Crippen molar-refractivity contribution in [3.05, 3.63) is 0 Å². The second kappa shape index (κ2) is 6.38. The van der Waals surface area contributed by atoms with Gasteiger partial charge in [-0.3, -0.25) is 0 Å². The van der Waals surface area contributed by atoms with Crippen LogP contribution < -0.4 is 0 Å². The van der Waals surface area contributed by atoms with Gasteiger partial charge in [-0.05, 0) is 64.0 Å². The van der Waals surface area contributed by atoms with E-state index < -0.39 is 0 Å². The van der Waals surface area contributed by atoms with E-state index in [1.165, 1.54) is 52.0 Å². The van der Waals surface area contributed by atoms with Crippen LogP contribution in [0.15, 0.2) is 0 Å². The molecule has 0 spiro atoms. The Bertz CT molecular complexity index is 249. The quantitative estimate of drug-likeness (QED) is 0.742. The topological polar surface area (TPSA) is 6.48 Å². The van der Waals surface area contributed by atoms with Gasteiger partial charge in [-0.1, -0.05) is 13.8 Å². The van der Waals surface area contributed by atoms with Crippen LogP contribution in [0.5, 0.6) is 0 Å². The molecule has 106 valence electrons. The van der Waals surface area contributed by atoms with Crippen LogP contribution in [0.2, 0.25) is 0 Å². The van der Waals surface area contributed by atoms with E-state index in [0.717, 1.165) is 23.8 Å². The third kappa shape index (κ3) is 3.96. The van der Waals surface area contributed by atoms with Gasteiger partial charge in [-0.25, -0.2) is 0 Å². The highest BCUT2D eigenvalue weighted by atomic mass is 15.2. The van der Waals surface area contributed by atoms with E-state index in [1.807, 2.05) is 0 Å². The van der Waals surface area contributed by atoms with Gasteiger partial charge in [0.1, 0.15) is 0 Å². The summed E-state index contributed by atoms with van der Waals surface area (Å²) in [6.45, 7) is 16.1. The summed E-state index contributed by atoms with van der Waals surface area (Å²) < 4.78 is 0. The Labute approximate surface area is 114 Å². The molecule has 0 saturated carbocycles. The average molecular weight is 252 g/mol. The van der Waals surface area contributed by atoms with Crippen LogP contribution in [-0.2, 0) is 0 Å². The molecule has 0 aliphatic carbocycles. The van der Waals surface area contributed by atoms with Gasteiger partial charge in [-0.15, -0.1) is 0 Å². The lowest BCUT2D eigenvalue weighted by Gasteiger charge is -2.23. The van der Waals surface area contributed by atoms with E-state index >= 15 is 0 Å². The average Bonchev–Trinajstić information content (AvgIpc) is 2.88. The van der Waals surface area contributed by atoms with Crippen LogP contribution in [0.3, 0.4) is 0 Å². The maximum atomic E-state index is 2.74. The van der Waals surface area contributed by atoms with Crippen molar-refractivity contribution in [1.82, 2.24) is 9.80 Å². The van der Waals surface area contributed by atoms with Crippen LogP contribution in [0.4, 0.5) is 0 Å². The molecule has 2 nitrogen and oxygen atoms in total. The lowest BCUT2D eigenvalue weighted by molar-refractivity contribution is 0.233. The van der Waals surface area contributed by atoms with Gasteiger partial charge < -0.3 is 9.80 Å². The first-order valence-corrected chi connectivity index (χ1v) is 8.01. The molecule has 2 aliphatic heterocycles. The van der Waals surface area contributed by atoms with Gasteiger partial charge in [0.05, 0.1) is 0 Å². The summed E-state index contributed by atoms with van der Waals surface area (Å²) in [5, 5.41) is 0. The minimum atomic E-state index is 0.738. The van der Waals surface area contributed by atoms with Gasteiger partial charge >= 0.3 is 0 Å². The van der Waals surface area contributed by atoms with Crippen LogP contribution in [-0.4, -0.2) is 48.6 Å². The molecule has 0 aromatic heterocycles. The monoisotopic (exact) mass is 252 g/mol. The number of hydrogen-bond donors (Lipinski definition) is 0. The number of likely N-dealkylation sites (tertiary alicyclic amines) is 2. The van der Waals surface area contributed by atoms with Crippen molar-refractivity contribution in [3.8, 4) is 0 Å². The lowest BCUT2D eigenvalue weighted by Crippen LogP contribution is -2.32. The summed E-state index contributed by atoms with van der Waals surface area (Å²) in [5.74, 6) is 2.79. The molecule has 0 aromatic rings. The minimum absolute atomic E-state index is 0.738. The molecule has 2 aliphatic rings. The molecular weight excluding hydrogens is 220 g/mol. The van der Waals surface area contributed by atoms with Crippen molar-refractivity contribution >= 4 is 0 Å². The fourth-order valence-electron chi connectivity index (χ4n) is 3.78. The Morgan fingerprint density at radius 2 is 1.67 bits per heavy atom. The van der Waals surface area contributed by atoms with Crippen molar-refractivity contribution in [2.45, 2.75) is 53.0 Å². The SMILES string of the molecule is CC(C)C[C@@H]1CCN(CC2CCN(C(C)C)C2)C1. The molecule has 2 atom stereocenters. The number of rotatable bonds is 5. The van der Waals surface area contributed by atoms with Gasteiger partial charge in [0, 0.05) is 25.7 Å². The number of nitrogens with zero attached hydrogens (tertiary/aromatic N) is 2. The van der Waals surface area contributed by atoms with Gasteiger partial charge in [0.2, 0.25) is 0 Å². The van der Waals surface area contributed by atoms with E-state index in [4.69, 9.17) is 0 Å². The van der Waals surface area contributed by atoms with Crippen LogP contribution in [0.25, 0.3) is 0 Å². The predicted octanol–water partition coefficient (Wildman–Crippen LogP) is 3.08. The van der Waals surface area contributed by atoms with Gasteiger partial charge in [0.25, 0.3) is 0 Å². The fraction of sp³-hybridized carbons (Fsp3) is 1.00. The van der Waals surface area contributed by atoms with E-state index in [9.17, 15) is 0 Å². The largest absolute Gasteiger partial charge is 0.303 e. The second-order valence-electron chi connectivity index (χ2n) is 7.29. The molecule has 0 N–H and O–H groups in total. The van der Waals surface area contributed by atoms with Crippen molar-refractivity contribution in [2.24, 2.45) is 17.8 Å². The summed E-state index contributed by atoms with van der Waals surface area (Å²) in [7, 11) is 0. The molecule has 2 fully saturated rings. The van der Waals surface area contributed by atoms with E-state index in [1.54, 1.807) is 0 Å². The van der Waals surface area contributed by atoms with Gasteiger partial charge in [-0.2, -0.15) is 0 Å². The van der Waals surface area contributed by atoms with E-state index in [-0.39, 0.29) is 0 Å². The summed E-state index contributed by atoms with van der Waals surface area (Å²) in [5.41, 5.74) is 0. The summed E-state index contributed by atoms with van der Waals surface area (Å²) >= 11 is 0. The zero-order valence-electron chi connectivity index (χ0n) is 12.9. The molecule has 2 saturated heterocycles. The van der Waals surface area contributed by atoms with Crippen molar-refractivity contribution in [2.75, 3.05) is 32.7 Å². The Kier molecular flexibility index (Phi) is 5.08. The normalized spacial score (nSPS) is 31.0. The first kappa shape index (κ1) is 14.3. The summed E-state index contributed by atoms with van der Waals surface area (Å²) in [6, 6.07) is 0.738. The van der Waals surface area contributed by atoms with Crippen LogP contribution in [0, 0.1) is 17.8 Å². The molecule has 18 heavy (non-hydrogen) atoms. The van der Waals surface area contributed by atoms with E-state index in [0.29, 0.717) is 0 Å². The molecule has 0 radical (unpaired) electrons. The van der Waals surface area contributed by atoms with Crippen molar-refractivity contribution < 1.29 is 0 Å². The van der Waals surface area contributed by atoms with Crippen molar-refractivity contribution in [1.29, 1.82) is 0 Å². The first-order valence-electron chi connectivity index (χ1n) is 8.01. The summed E-state index contributed by atoms with van der Waals surface area (Å²) in [4.78, 5) is 5.38. The third-order valence-electron chi connectivity index (χ3n) is 4.74. The zero-order chi connectivity index (χ0) is 13.1. The second-order valence-corrected chi connectivity index (χ2v) is 7.29. The number of hydrogen-bond acceptors (Lipinski definition) is 2. The first-order chi connectivity index (χ1) is 8.54. The molecule has 0 bridgehead atoms.